The molecule has 0 bridgehead atoms. The fraction of sp³-hybridized carbons (Fsp3) is 1.00. The zero-order chi connectivity index (χ0) is 25.2. The molecule has 0 amide bonds. The summed E-state index contributed by atoms with van der Waals surface area (Å²) in [5.74, 6) is 1.04. The summed E-state index contributed by atoms with van der Waals surface area (Å²) in [7, 11) is 2.67. The van der Waals surface area contributed by atoms with Crippen LogP contribution >= 0.6 is 25.1 Å². The molecule has 4 atom stereocenters. The molecule has 0 aromatic rings. The van der Waals surface area contributed by atoms with E-state index in [2.05, 4.69) is 57.7 Å². The maximum atomic E-state index is 2.71. The van der Waals surface area contributed by atoms with Crippen LogP contribution < -0.4 is 0 Å². The van der Waals surface area contributed by atoms with Crippen molar-refractivity contribution in [3.8, 4) is 0 Å². The Balaban J connectivity index is 0.00000129. The predicted molar refractivity (Wildman–Crippen MR) is 165 cm³/mol. The average molecular weight is 517 g/mol. The summed E-state index contributed by atoms with van der Waals surface area (Å²) in [5, 5.41) is 0.942. The molecule has 0 spiro atoms. The Morgan fingerprint density at radius 2 is 1.00 bits per heavy atom. The molecule has 4 unspecified atom stereocenters. The van der Waals surface area contributed by atoms with Crippen LogP contribution in [0.2, 0.25) is 0 Å². The minimum atomic E-state index is 0.00912. The molecular formula is C30H63P3. The van der Waals surface area contributed by atoms with E-state index in [0.29, 0.717) is 10.3 Å². The molecule has 0 saturated heterocycles. The molecule has 0 heterocycles. The second kappa shape index (κ2) is 15.5. The first-order chi connectivity index (χ1) is 15.6. The van der Waals surface area contributed by atoms with Crippen molar-refractivity contribution in [3.63, 3.8) is 0 Å². The van der Waals surface area contributed by atoms with E-state index in [9.17, 15) is 0 Å². The van der Waals surface area contributed by atoms with Crippen molar-refractivity contribution in [2.75, 3.05) is 6.66 Å². The fourth-order valence-electron chi connectivity index (χ4n) is 7.92. The summed E-state index contributed by atoms with van der Waals surface area (Å²) in [6, 6.07) is 0. The summed E-state index contributed by atoms with van der Waals surface area (Å²) < 4.78 is 0. The lowest BCUT2D eigenvalue weighted by atomic mass is 9.99. The van der Waals surface area contributed by atoms with Crippen LogP contribution in [0.1, 0.15) is 146 Å². The van der Waals surface area contributed by atoms with E-state index in [-0.39, 0.29) is 15.8 Å². The smallest absolute Gasteiger partial charge is 0.0170 e. The van der Waals surface area contributed by atoms with Crippen molar-refractivity contribution in [1.29, 1.82) is 0 Å². The van der Waals surface area contributed by atoms with Gasteiger partial charge in [0.05, 0.1) is 0 Å². The highest BCUT2D eigenvalue weighted by Gasteiger charge is 2.48. The van der Waals surface area contributed by atoms with Gasteiger partial charge in [0.15, 0.2) is 0 Å². The molecule has 0 nitrogen and oxygen atoms in total. The van der Waals surface area contributed by atoms with Gasteiger partial charge < -0.3 is 0 Å². The van der Waals surface area contributed by atoms with E-state index in [0.717, 1.165) is 28.6 Å². The highest BCUT2D eigenvalue weighted by molar-refractivity contribution is 7.62. The van der Waals surface area contributed by atoms with Gasteiger partial charge in [-0.3, -0.25) is 0 Å². The van der Waals surface area contributed by atoms with Crippen LogP contribution in [0.4, 0.5) is 0 Å². The molecule has 198 valence electrons. The fourth-order valence-corrected chi connectivity index (χ4v) is 18.2. The summed E-state index contributed by atoms with van der Waals surface area (Å²) in [5.41, 5.74) is 4.32. The molecule has 0 aromatic heterocycles. The zero-order valence-corrected chi connectivity index (χ0v) is 27.5. The van der Waals surface area contributed by atoms with E-state index < -0.39 is 0 Å². The van der Waals surface area contributed by atoms with Gasteiger partial charge in [0.1, 0.15) is 0 Å². The van der Waals surface area contributed by atoms with Crippen molar-refractivity contribution >= 4 is 25.1 Å². The second-order valence-electron chi connectivity index (χ2n) is 12.6. The molecule has 3 aliphatic carbocycles. The molecular weight excluding hydrogens is 453 g/mol. The van der Waals surface area contributed by atoms with E-state index in [1.54, 1.807) is 64.2 Å². The topological polar surface area (TPSA) is 0 Å². The van der Waals surface area contributed by atoms with E-state index in [4.69, 9.17) is 0 Å². The molecule has 0 N–H and O–H groups in total. The zero-order valence-electron chi connectivity index (χ0n) is 24.6. The summed E-state index contributed by atoms with van der Waals surface area (Å²) in [4.78, 5) is 0. The molecule has 0 radical (unpaired) electrons. The van der Waals surface area contributed by atoms with E-state index in [1.165, 1.54) is 19.3 Å². The van der Waals surface area contributed by atoms with Crippen LogP contribution in [0.5, 0.6) is 0 Å². The minimum absolute atomic E-state index is 0.00912. The standard InChI is InChI=1S/C27H52P2.C2H6.CH5P/c1-21(29(26(2,3)4)27(5,6)7)24-19-14-20-25(24)28(22-15-10-8-11-16-22)23-17-12-9-13-18-23;2*1-2/h21-25H,8-20H2,1-7H3;1-2H3;2H2,1H3. The molecule has 0 aromatic carbocycles. The Morgan fingerprint density at radius 3 is 1.36 bits per heavy atom. The van der Waals surface area contributed by atoms with Gasteiger partial charge >= 0.3 is 0 Å². The SMILES string of the molecule is CC.CC(C1CCCC1P(C1CCCCC1)C1CCCCC1)P(C(C)(C)C)C(C)(C)C.CP. The quantitative estimate of drug-likeness (QED) is 0.319. The van der Waals surface area contributed by atoms with E-state index >= 15 is 0 Å². The predicted octanol–water partition coefficient (Wildman–Crippen LogP) is 11.3. The van der Waals surface area contributed by atoms with Crippen LogP contribution in [0.3, 0.4) is 0 Å². The van der Waals surface area contributed by atoms with Crippen LogP contribution in [0.25, 0.3) is 0 Å². The Hall–Kier alpha value is 1.29. The highest BCUT2D eigenvalue weighted by Crippen LogP contribution is 2.70. The Kier molecular flexibility index (Phi) is 15.2. The Labute approximate surface area is 216 Å². The summed E-state index contributed by atoms with van der Waals surface area (Å²) >= 11 is 0. The Bertz CT molecular complexity index is 460. The van der Waals surface area contributed by atoms with Crippen LogP contribution in [-0.4, -0.2) is 39.6 Å². The molecule has 3 heteroatoms. The normalized spacial score (nSPS) is 26.5. The van der Waals surface area contributed by atoms with Gasteiger partial charge in [0.25, 0.3) is 0 Å². The van der Waals surface area contributed by atoms with Crippen LogP contribution in [-0.2, 0) is 0 Å². The largest absolute Gasteiger partial charge is 0.141 e. The van der Waals surface area contributed by atoms with Gasteiger partial charge in [-0.2, -0.15) is 0 Å². The maximum absolute atomic E-state index is 2.71. The molecule has 3 aliphatic rings. The van der Waals surface area contributed by atoms with Crippen LogP contribution in [0, 0.1) is 5.92 Å². The molecule has 33 heavy (non-hydrogen) atoms. The third-order valence-corrected chi connectivity index (χ3v) is 16.6. The number of hydrogen-bond donors (Lipinski definition) is 0. The van der Waals surface area contributed by atoms with Crippen molar-refractivity contribution < 1.29 is 0 Å². The summed E-state index contributed by atoms with van der Waals surface area (Å²) in [6.45, 7) is 23.9. The lowest BCUT2D eigenvalue weighted by Gasteiger charge is -2.51. The first-order valence-electron chi connectivity index (χ1n) is 14.8. The van der Waals surface area contributed by atoms with E-state index in [1.807, 2.05) is 20.5 Å². The summed E-state index contributed by atoms with van der Waals surface area (Å²) in [6.07, 6.45) is 20.2. The van der Waals surface area contributed by atoms with Gasteiger partial charge in [-0.15, -0.1) is 9.24 Å². The van der Waals surface area contributed by atoms with Gasteiger partial charge in [0.2, 0.25) is 0 Å². The minimum Gasteiger partial charge on any atom is -0.141 e. The number of hydrogen-bond acceptors (Lipinski definition) is 0. The second-order valence-corrected chi connectivity index (χ2v) is 19.9. The van der Waals surface area contributed by atoms with Gasteiger partial charge in [-0.25, -0.2) is 0 Å². The number of rotatable bonds is 5. The third-order valence-electron chi connectivity index (χ3n) is 8.38. The van der Waals surface area contributed by atoms with Crippen molar-refractivity contribution in [1.82, 2.24) is 0 Å². The maximum Gasteiger partial charge on any atom is -0.0170 e. The third kappa shape index (κ3) is 9.27. The average Bonchev–Trinajstić information content (AvgIpc) is 3.26. The van der Waals surface area contributed by atoms with Gasteiger partial charge in [-0.1, -0.05) is 130 Å². The monoisotopic (exact) mass is 516 g/mol. The van der Waals surface area contributed by atoms with Crippen molar-refractivity contribution in [2.24, 2.45) is 5.92 Å². The lowest BCUT2D eigenvalue weighted by molar-refractivity contribution is 0.466. The van der Waals surface area contributed by atoms with Gasteiger partial charge in [0, 0.05) is 0 Å². The first-order valence-corrected chi connectivity index (χ1v) is 18.9. The van der Waals surface area contributed by atoms with Crippen molar-refractivity contribution in [2.45, 2.75) is 179 Å². The molecule has 3 rings (SSSR count). The molecule has 0 aliphatic heterocycles. The first kappa shape index (κ1) is 32.3. The van der Waals surface area contributed by atoms with Crippen LogP contribution in [0.15, 0.2) is 0 Å². The molecule has 3 fully saturated rings. The van der Waals surface area contributed by atoms with Crippen molar-refractivity contribution in [3.05, 3.63) is 0 Å². The Morgan fingerprint density at radius 1 is 0.606 bits per heavy atom. The lowest BCUT2D eigenvalue weighted by Crippen LogP contribution is -2.37. The molecule has 3 saturated carbocycles. The van der Waals surface area contributed by atoms with Gasteiger partial charge in [-0.05, 0) is 77.4 Å². The highest BCUT2D eigenvalue weighted by atomic mass is 31.1.